The van der Waals surface area contributed by atoms with E-state index in [-0.39, 0.29) is 6.73 Å². The molecule has 1 saturated carbocycles. The van der Waals surface area contributed by atoms with Crippen LogP contribution in [0.1, 0.15) is 12.8 Å². The van der Waals surface area contributed by atoms with Gasteiger partial charge in [-0.05, 0) is 12.8 Å². The highest BCUT2D eigenvalue weighted by Crippen LogP contribution is 2.45. The molecule has 1 fully saturated rings. The molecule has 0 heterocycles. The van der Waals surface area contributed by atoms with Crippen molar-refractivity contribution in [1.29, 1.82) is 0 Å². The van der Waals surface area contributed by atoms with Gasteiger partial charge in [0.2, 0.25) is 0 Å². The third-order valence-electron chi connectivity index (χ3n) is 1.93. The standard InChI is InChI=1S/C6H15NO3Si/c1-8-11(9-2,10-5-7)6-3-4-6/h6H,3-5,7H2,1-2H3. The zero-order valence-electron chi connectivity index (χ0n) is 7.00. The van der Waals surface area contributed by atoms with Gasteiger partial charge >= 0.3 is 8.80 Å². The third-order valence-corrected chi connectivity index (χ3v) is 5.22. The lowest BCUT2D eigenvalue weighted by atomic mass is 11.0. The van der Waals surface area contributed by atoms with Crippen LogP contribution in [0.5, 0.6) is 0 Å². The summed E-state index contributed by atoms with van der Waals surface area (Å²) >= 11 is 0. The molecule has 4 nitrogen and oxygen atoms in total. The molecule has 1 rings (SSSR count). The summed E-state index contributed by atoms with van der Waals surface area (Å²) in [6.07, 6.45) is 2.29. The molecule has 0 unspecified atom stereocenters. The number of nitrogens with two attached hydrogens (primary N) is 1. The molecule has 0 radical (unpaired) electrons. The zero-order valence-corrected chi connectivity index (χ0v) is 8.00. The van der Waals surface area contributed by atoms with Crippen LogP contribution in [0.15, 0.2) is 0 Å². The van der Waals surface area contributed by atoms with E-state index in [0.717, 1.165) is 12.8 Å². The van der Waals surface area contributed by atoms with Gasteiger partial charge in [0, 0.05) is 19.8 Å². The van der Waals surface area contributed by atoms with E-state index in [1.807, 2.05) is 0 Å². The second-order valence-electron chi connectivity index (χ2n) is 2.60. The molecule has 0 bridgehead atoms. The maximum Gasteiger partial charge on any atom is 0.504 e. The lowest BCUT2D eigenvalue weighted by molar-refractivity contribution is 0.0991. The molecule has 2 N–H and O–H groups in total. The summed E-state index contributed by atoms with van der Waals surface area (Å²) in [7, 11) is 0.923. The monoisotopic (exact) mass is 177 g/mol. The molecule has 0 aromatic rings. The average Bonchev–Trinajstić information content (AvgIpc) is 2.83. The summed E-state index contributed by atoms with van der Waals surface area (Å²) in [6, 6.07) is 0. The fourth-order valence-electron chi connectivity index (χ4n) is 1.21. The topological polar surface area (TPSA) is 53.7 Å². The lowest BCUT2D eigenvalue weighted by Crippen LogP contribution is -2.45. The van der Waals surface area contributed by atoms with E-state index < -0.39 is 8.80 Å². The molecule has 1 aliphatic carbocycles. The maximum atomic E-state index is 5.32. The van der Waals surface area contributed by atoms with E-state index in [0.29, 0.717) is 5.54 Å². The van der Waals surface area contributed by atoms with Crippen LogP contribution in [0.4, 0.5) is 0 Å². The molecule has 0 aliphatic heterocycles. The van der Waals surface area contributed by atoms with Crippen LogP contribution in [-0.2, 0) is 13.3 Å². The molecular weight excluding hydrogens is 162 g/mol. The fourth-order valence-corrected chi connectivity index (χ4v) is 3.62. The minimum Gasteiger partial charge on any atom is -0.377 e. The Hall–Kier alpha value is 0.0569. The van der Waals surface area contributed by atoms with Crippen LogP contribution in [0.3, 0.4) is 0 Å². The van der Waals surface area contributed by atoms with Crippen LogP contribution in [0, 0.1) is 0 Å². The molecule has 0 aromatic carbocycles. The van der Waals surface area contributed by atoms with Crippen molar-refractivity contribution in [2.45, 2.75) is 18.4 Å². The first-order valence-electron chi connectivity index (χ1n) is 3.73. The molecule has 0 amide bonds. The Morgan fingerprint density at radius 1 is 1.36 bits per heavy atom. The summed E-state index contributed by atoms with van der Waals surface area (Å²) in [5, 5.41) is 0. The first-order valence-corrected chi connectivity index (χ1v) is 5.53. The van der Waals surface area contributed by atoms with Crippen molar-refractivity contribution in [1.82, 2.24) is 0 Å². The smallest absolute Gasteiger partial charge is 0.377 e. The van der Waals surface area contributed by atoms with Crippen LogP contribution < -0.4 is 5.73 Å². The largest absolute Gasteiger partial charge is 0.504 e. The van der Waals surface area contributed by atoms with Crippen molar-refractivity contribution < 1.29 is 13.3 Å². The van der Waals surface area contributed by atoms with Gasteiger partial charge in [0.05, 0.1) is 6.73 Å². The van der Waals surface area contributed by atoms with E-state index in [9.17, 15) is 0 Å². The van der Waals surface area contributed by atoms with Crippen LogP contribution in [-0.4, -0.2) is 29.8 Å². The molecule has 66 valence electrons. The van der Waals surface area contributed by atoms with Crippen molar-refractivity contribution >= 4 is 8.80 Å². The Labute approximate surface area is 68.0 Å². The highest BCUT2D eigenvalue weighted by atomic mass is 28.4. The first-order chi connectivity index (χ1) is 5.29. The lowest BCUT2D eigenvalue weighted by Gasteiger charge is -2.25. The van der Waals surface area contributed by atoms with Crippen LogP contribution in [0.2, 0.25) is 5.54 Å². The van der Waals surface area contributed by atoms with Gasteiger partial charge in [-0.3, -0.25) is 0 Å². The minimum absolute atomic E-state index is 0.185. The Balaban J connectivity index is 2.50. The number of hydrogen-bond donors (Lipinski definition) is 1. The van der Waals surface area contributed by atoms with E-state index >= 15 is 0 Å². The van der Waals surface area contributed by atoms with Gasteiger partial charge in [-0.25, -0.2) is 0 Å². The van der Waals surface area contributed by atoms with Gasteiger partial charge in [-0.1, -0.05) is 0 Å². The van der Waals surface area contributed by atoms with Gasteiger partial charge in [-0.15, -0.1) is 0 Å². The molecule has 0 aromatic heterocycles. The minimum atomic E-state index is -2.33. The normalized spacial score (nSPS) is 18.8. The van der Waals surface area contributed by atoms with Crippen molar-refractivity contribution in [2.75, 3.05) is 21.0 Å². The summed E-state index contributed by atoms with van der Waals surface area (Å²) in [4.78, 5) is 0. The summed E-state index contributed by atoms with van der Waals surface area (Å²) in [6.45, 7) is 0.185. The third kappa shape index (κ3) is 1.80. The van der Waals surface area contributed by atoms with Gasteiger partial charge in [0.25, 0.3) is 0 Å². The molecule has 11 heavy (non-hydrogen) atoms. The maximum absolute atomic E-state index is 5.32. The van der Waals surface area contributed by atoms with Gasteiger partial charge in [-0.2, -0.15) is 0 Å². The molecule has 0 spiro atoms. The molecule has 0 saturated heterocycles. The summed E-state index contributed by atoms with van der Waals surface area (Å²) in [5.41, 5.74) is 5.77. The summed E-state index contributed by atoms with van der Waals surface area (Å²) < 4.78 is 15.9. The Morgan fingerprint density at radius 3 is 2.18 bits per heavy atom. The zero-order chi connectivity index (χ0) is 8.32. The first kappa shape index (κ1) is 9.15. The fraction of sp³-hybridized carbons (Fsp3) is 1.00. The van der Waals surface area contributed by atoms with E-state index in [2.05, 4.69) is 0 Å². The Bertz CT molecular complexity index is 125. The Morgan fingerprint density at radius 2 is 1.91 bits per heavy atom. The van der Waals surface area contributed by atoms with E-state index in [1.165, 1.54) is 0 Å². The highest BCUT2D eigenvalue weighted by Gasteiger charge is 2.53. The SMILES string of the molecule is CO[Si](OC)(OCN)C1CC1. The second kappa shape index (κ2) is 3.64. The number of rotatable bonds is 5. The van der Waals surface area contributed by atoms with Gasteiger partial charge < -0.3 is 19.0 Å². The van der Waals surface area contributed by atoms with E-state index in [4.69, 9.17) is 19.0 Å². The molecule has 0 atom stereocenters. The van der Waals surface area contributed by atoms with Gasteiger partial charge in [0.15, 0.2) is 0 Å². The number of hydrogen-bond acceptors (Lipinski definition) is 4. The average molecular weight is 177 g/mol. The second-order valence-corrected chi connectivity index (χ2v) is 5.73. The Kier molecular flexibility index (Phi) is 3.03. The molecule has 5 heteroatoms. The van der Waals surface area contributed by atoms with Crippen molar-refractivity contribution in [3.05, 3.63) is 0 Å². The highest BCUT2D eigenvalue weighted by molar-refractivity contribution is 6.63. The molecular formula is C6H15NO3Si. The summed E-state index contributed by atoms with van der Waals surface area (Å²) in [5.74, 6) is 0. The van der Waals surface area contributed by atoms with E-state index in [1.54, 1.807) is 14.2 Å². The van der Waals surface area contributed by atoms with Crippen molar-refractivity contribution in [2.24, 2.45) is 5.73 Å². The van der Waals surface area contributed by atoms with Gasteiger partial charge in [0.1, 0.15) is 0 Å². The van der Waals surface area contributed by atoms with Crippen molar-refractivity contribution in [3.63, 3.8) is 0 Å². The predicted octanol–water partition coefficient (Wildman–Crippen LogP) is 0.315. The quantitative estimate of drug-likeness (QED) is 0.485. The van der Waals surface area contributed by atoms with Crippen molar-refractivity contribution in [3.8, 4) is 0 Å². The molecule has 1 aliphatic rings. The predicted molar refractivity (Wildman–Crippen MR) is 42.9 cm³/mol. The van der Waals surface area contributed by atoms with Crippen LogP contribution in [0.25, 0.3) is 0 Å². The van der Waals surface area contributed by atoms with Crippen LogP contribution >= 0.6 is 0 Å².